The minimum Gasteiger partial charge on any atom is -0.392 e. The number of nitrogens with zero attached hydrogens (tertiary/aromatic N) is 1. The highest BCUT2D eigenvalue weighted by atomic mass is 32.2. The van der Waals surface area contributed by atoms with Gasteiger partial charge in [-0.25, -0.2) is 8.42 Å². The van der Waals surface area contributed by atoms with Gasteiger partial charge in [0.2, 0.25) is 10.0 Å². The highest BCUT2D eigenvalue weighted by molar-refractivity contribution is 7.92. The first-order chi connectivity index (χ1) is 6.25. The molecular weight excluding hydrogens is 220 g/mol. The lowest BCUT2D eigenvalue weighted by Gasteiger charge is -2.27. The summed E-state index contributed by atoms with van der Waals surface area (Å²) in [5.74, 6) is 0. The SMILES string of the molecule is CCN(C(C)C)S(=O)(=O)C(C)C(N)=S. The monoisotopic (exact) mass is 238 g/mol. The molecule has 4 nitrogen and oxygen atoms in total. The van der Waals surface area contributed by atoms with E-state index < -0.39 is 15.3 Å². The maximum absolute atomic E-state index is 11.9. The summed E-state index contributed by atoms with van der Waals surface area (Å²) in [6, 6.07) is -0.0678. The van der Waals surface area contributed by atoms with E-state index in [0.717, 1.165) is 0 Å². The average Bonchev–Trinajstić information content (AvgIpc) is 2.02. The second-order valence-corrected chi connectivity index (χ2v) is 6.06. The highest BCUT2D eigenvalue weighted by Gasteiger charge is 2.31. The van der Waals surface area contributed by atoms with Crippen molar-refractivity contribution in [3.8, 4) is 0 Å². The Morgan fingerprint density at radius 1 is 1.43 bits per heavy atom. The summed E-state index contributed by atoms with van der Waals surface area (Å²) in [5, 5.41) is -0.792. The van der Waals surface area contributed by atoms with Crippen LogP contribution in [0.2, 0.25) is 0 Å². The number of sulfonamides is 1. The van der Waals surface area contributed by atoms with Crippen LogP contribution >= 0.6 is 12.2 Å². The Morgan fingerprint density at radius 3 is 2.07 bits per heavy atom. The Morgan fingerprint density at radius 2 is 1.86 bits per heavy atom. The zero-order chi connectivity index (χ0) is 11.5. The Labute approximate surface area is 91.5 Å². The first-order valence-electron chi connectivity index (χ1n) is 4.55. The fourth-order valence-electron chi connectivity index (χ4n) is 1.19. The molecule has 0 radical (unpaired) electrons. The van der Waals surface area contributed by atoms with E-state index in [1.807, 2.05) is 13.8 Å². The van der Waals surface area contributed by atoms with Crippen molar-refractivity contribution >= 4 is 27.2 Å². The average molecular weight is 238 g/mol. The molecule has 84 valence electrons. The van der Waals surface area contributed by atoms with Crippen LogP contribution in [0.4, 0.5) is 0 Å². The van der Waals surface area contributed by atoms with Crippen LogP contribution in [0, 0.1) is 0 Å². The fraction of sp³-hybridized carbons (Fsp3) is 0.875. The molecule has 0 aliphatic heterocycles. The number of rotatable bonds is 5. The van der Waals surface area contributed by atoms with Crippen molar-refractivity contribution in [1.29, 1.82) is 0 Å². The summed E-state index contributed by atoms with van der Waals surface area (Å²) in [4.78, 5) is 0.0177. The number of hydrogen-bond donors (Lipinski definition) is 1. The van der Waals surface area contributed by atoms with Crippen molar-refractivity contribution in [3.05, 3.63) is 0 Å². The molecule has 0 bridgehead atoms. The molecular formula is C8H18N2O2S2. The number of thiocarbonyl (C=S) groups is 1. The summed E-state index contributed by atoms with van der Waals surface area (Å²) in [5.41, 5.74) is 5.34. The van der Waals surface area contributed by atoms with Gasteiger partial charge in [0.1, 0.15) is 5.25 Å². The molecule has 0 amide bonds. The van der Waals surface area contributed by atoms with Gasteiger partial charge in [-0.2, -0.15) is 4.31 Å². The smallest absolute Gasteiger partial charge is 0.223 e. The van der Waals surface area contributed by atoms with E-state index >= 15 is 0 Å². The van der Waals surface area contributed by atoms with E-state index in [1.165, 1.54) is 11.2 Å². The molecule has 14 heavy (non-hydrogen) atoms. The van der Waals surface area contributed by atoms with Crippen molar-refractivity contribution < 1.29 is 8.42 Å². The van der Waals surface area contributed by atoms with Crippen LogP contribution < -0.4 is 5.73 Å². The van der Waals surface area contributed by atoms with E-state index in [9.17, 15) is 8.42 Å². The predicted molar refractivity (Wildman–Crippen MR) is 62.7 cm³/mol. The molecule has 1 atom stereocenters. The number of hydrogen-bond acceptors (Lipinski definition) is 3. The zero-order valence-electron chi connectivity index (χ0n) is 9.02. The van der Waals surface area contributed by atoms with E-state index in [1.54, 1.807) is 6.92 Å². The van der Waals surface area contributed by atoms with Gasteiger partial charge in [-0.05, 0) is 20.8 Å². The lowest BCUT2D eigenvalue weighted by Crippen LogP contribution is -2.45. The van der Waals surface area contributed by atoms with Crippen molar-refractivity contribution in [2.24, 2.45) is 5.73 Å². The molecule has 0 saturated heterocycles. The third-order valence-electron chi connectivity index (χ3n) is 2.06. The molecule has 0 aromatic heterocycles. The van der Waals surface area contributed by atoms with Crippen LogP contribution in [0.5, 0.6) is 0 Å². The second-order valence-electron chi connectivity index (χ2n) is 3.39. The van der Waals surface area contributed by atoms with Gasteiger partial charge < -0.3 is 5.73 Å². The predicted octanol–water partition coefficient (Wildman–Crippen LogP) is 0.721. The molecule has 0 heterocycles. The van der Waals surface area contributed by atoms with Crippen LogP contribution in [-0.4, -0.2) is 35.5 Å². The van der Waals surface area contributed by atoms with Gasteiger partial charge in [-0.15, -0.1) is 0 Å². The highest BCUT2D eigenvalue weighted by Crippen LogP contribution is 2.12. The summed E-state index contributed by atoms with van der Waals surface area (Å²) < 4.78 is 25.2. The van der Waals surface area contributed by atoms with Crippen LogP contribution in [0.3, 0.4) is 0 Å². The molecule has 0 rings (SSSR count). The molecule has 1 unspecified atom stereocenters. The Kier molecular flexibility index (Phi) is 4.97. The quantitative estimate of drug-likeness (QED) is 0.717. The first-order valence-corrected chi connectivity index (χ1v) is 6.46. The molecule has 0 saturated carbocycles. The summed E-state index contributed by atoms with van der Waals surface area (Å²) in [6.07, 6.45) is 0. The fourth-order valence-corrected chi connectivity index (χ4v) is 3.20. The van der Waals surface area contributed by atoms with Crippen molar-refractivity contribution in [3.63, 3.8) is 0 Å². The minimum absolute atomic E-state index is 0.0177. The van der Waals surface area contributed by atoms with Gasteiger partial charge in [0.15, 0.2) is 0 Å². The van der Waals surface area contributed by atoms with Crippen LogP contribution in [-0.2, 0) is 10.0 Å². The molecule has 0 aliphatic carbocycles. The molecule has 0 aliphatic rings. The normalized spacial score (nSPS) is 14.7. The standard InChI is InChI=1S/C8H18N2O2S2/c1-5-10(6(2)3)14(11,12)7(4)8(9)13/h6-7H,5H2,1-4H3,(H2,9,13). The van der Waals surface area contributed by atoms with Gasteiger partial charge in [-0.3, -0.25) is 0 Å². The van der Waals surface area contributed by atoms with Crippen molar-refractivity contribution in [2.45, 2.75) is 39.0 Å². The Balaban J connectivity index is 5.02. The van der Waals surface area contributed by atoms with Crippen LogP contribution in [0.15, 0.2) is 0 Å². The topological polar surface area (TPSA) is 63.4 Å². The van der Waals surface area contributed by atoms with E-state index in [2.05, 4.69) is 0 Å². The lowest BCUT2D eigenvalue weighted by molar-refractivity contribution is 0.368. The third kappa shape index (κ3) is 2.90. The second kappa shape index (κ2) is 5.04. The van der Waals surface area contributed by atoms with Gasteiger partial charge in [-0.1, -0.05) is 19.1 Å². The molecule has 0 aromatic carbocycles. The first kappa shape index (κ1) is 13.8. The summed E-state index contributed by atoms with van der Waals surface area (Å²) >= 11 is 4.69. The van der Waals surface area contributed by atoms with Gasteiger partial charge in [0, 0.05) is 12.6 Å². The Hall–Kier alpha value is -0.200. The molecule has 2 N–H and O–H groups in total. The van der Waals surface area contributed by atoms with Gasteiger partial charge in [0.05, 0.1) is 4.99 Å². The van der Waals surface area contributed by atoms with E-state index in [4.69, 9.17) is 18.0 Å². The molecule has 0 aromatic rings. The molecule has 0 spiro atoms. The largest absolute Gasteiger partial charge is 0.392 e. The summed E-state index contributed by atoms with van der Waals surface area (Å²) in [7, 11) is -3.38. The van der Waals surface area contributed by atoms with Gasteiger partial charge in [0.25, 0.3) is 0 Å². The van der Waals surface area contributed by atoms with E-state index in [0.29, 0.717) is 6.54 Å². The number of nitrogens with two attached hydrogens (primary N) is 1. The molecule has 6 heteroatoms. The van der Waals surface area contributed by atoms with Crippen LogP contribution in [0.25, 0.3) is 0 Å². The maximum Gasteiger partial charge on any atom is 0.223 e. The van der Waals surface area contributed by atoms with Crippen molar-refractivity contribution in [1.82, 2.24) is 4.31 Å². The lowest BCUT2D eigenvalue weighted by atomic mass is 10.4. The molecule has 0 fully saturated rings. The van der Waals surface area contributed by atoms with Crippen LogP contribution in [0.1, 0.15) is 27.7 Å². The Bertz CT molecular complexity index is 298. The van der Waals surface area contributed by atoms with E-state index in [-0.39, 0.29) is 11.0 Å². The maximum atomic E-state index is 11.9. The van der Waals surface area contributed by atoms with Crippen molar-refractivity contribution in [2.75, 3.05) is 6.54 Å². The summed E-state index contributed by atoms with van der Waals surface area (Å²) in [6.45, 7) is 7.40. The third-order valence-corrected chi connectivity index (χ3v) is 5.05. The zero-order valence-corrected chi connectivity index (χ0v) is 10.7. The minimum atomic E-state index is -3.38. The van der Waals surface area contributed by atoms with Gasteiger partial charge >= 0.3 is 0 Å².